The van der Waals surface area contributed by atoms with Crippen molar-refractivity contribution >= 4 is 44.2 Å². The summed E-state index contributed by atoms with van der Waals surface area (Å²) in [5.41, 5.74) is 6.82. The van der Waals surface area contributed by atoms with Crippen molar-refractivity contribution in [3.8, 4) is 0 Å². The molecule has 0 unspecified atom stereocenters. The molecule has 1 nitrogen and oxygen atoms in total. The van der Waals surface area contributed by atoms with Crippen molar-refractivity contribution in [2.24, 2.45) is 0 Å². The van der Waals surface area contributed by atoms with E-state index in [-0.39, 0.29) is 0 Å². The summed E-state index contributed by atoms with van der Waals surface area (Å²) in [6.07, 6.45) is 0. The first-order valence-electron chi connectivity index (χ1n) is 5.94. The molecule has 0 heterocycles. The van der Waals surface area contributed by atoms with E-state index in [1.807, 2.05) is 12.1 Å². The van der Waals surface area contributed by atoms with Crippen LogP contribution >= 0.6 is 27.7 Å². The van der Waals surface area contributed by atoms with Gasteiger partial charge in [-0.2, -0.15) is 0 Å². The molecule has 0 saturated carbocycles. The molecule has 0 aliphatic rings. The van der Waals surface area contributed by atoms with Crippen LogP contribution in [0.5, 0.6) is 0 Å². The summed E-state index contributed by atoms with van der Waals surface area (Å²) in [4.78, 5) is 2.27. The SMILES string of the molecule is Nc1ccc(Br)cc1Sc1ccc2ccccc2c1. The lowest BCUT2D eigenvalue weighted by Gasteiger charge is -2.07. The maximum Gasteiger partial charge on any atom is 0.0456 e. The Kier molecular flexibility index (Phi) is 3.49. The first kappa shape index (κ1) is 12.6. The van der Waals surface area contributed by atoms with E-state index in [0.717, 1.165) is 15.1 Å². The van der Waals surface area contributed by atoms with Gasteiger partial charge in [-0.15, -0.1) is 0 Å². The molecule has 0 atom stereocenters. The lowest BCUT2D eigenvalue weighted by Crippen LogP contribution is -1.87. The van der Waals surface area contributed by atoms with Gasteiger partial charge in [0.1, 0.15) is 0 Å². The molecule has 0 aromatic heterocycles. The quantitative estimate of drug-likeness (QED) is 0.642. The molecule has 0 bridgehead atoms. The predicted octanol–water partition coefficient (Wildman–Crippen LogP) is 5.34. The smallest absolute Gasteiger partial charge is 0.0456 e. The minimum absolute atomic E-state index is 0.807. The van der Waals surface area contributed by atoms with E-state index in [2.05, 4.69) is 64.5 Å². The van der Waals surface area contributed by atoms with Crippen LogP contribution in [0.15, 0.2) is 74.9 Å². The van der Waals surface area contributed by atoms with Gasteiger partial charge < -0.3 is 5.73 Å². The van der Waals surface area contributed by atoms with Gasteiger partial charge >= 0.3 is 0 Å². The molecule has 0 aliphatic heterocycles. The zero-order chi connectivity index (χ0) is 13.2. The second-order valence-electron chi connectivity index (χ2n) is 4.29. The molecule has 3 aromatic rings. The van der Waals surface area contributed by atoms with Crippen LogP contribution in [0.3, 0.4) is 0 Å². The Morgan fingerprint density at radius 3 is 2.47 bits per heavy atom. The Balaban J connectivity index is 1.98. The van der Waals surface area contributed by atoms with E-state index < -0.39 is 0 Å². The van der Waals surface area contributed by atoms with Gasteiger partial charge in [0.2, 0.25) is 0 Å². The van der Waals surface area contributed by atoms with Crippen molar-refractivity contribution in [1.82, 2.24) is 0 Å². The second kappa shape index (κ2) is 5.27. The molecule has 2 N–H and O–H groups in total. The van der Waals surface area contributed by atoms with E-state index in [1.165, 1.54) is 15.7 Å². The average molecular weight is 330 g/mol. The topological polar surface area (TPSA) is 26.0 Å². The molecular weight excluding hydrogens is 318 g/mol. The minimum atomic E-state index is 0.807. The summed E-state index contributed by atoms with van der Waals surface area (Å²) >= 11 is 5.17. The fourth-order valence-electron chi connectivity index (χ4n) is 1.95. The number of hydrogen-bond acceptors (Lipinski definition) is 2. The number of nitrogen functional groups attached to an aromatic ring is 1. The number of benzene rings is 3. The highest BCUT2D eigenvalue weighted by molar-refractivity contribution is 9.10. The van der Waals surface area contributed by atoms with E-state index >= 15 is 0 Å². The van der Waals surface area contributed by atoms with Gasteiger partial charge in [0.15, 0.2) is 0 Å². The Morgan fingerprint density at radius 2 is 1.63 bits per heavy atom. The highest BCUT2D eigenvalue weighted by Gasteiger charge is 2.03. The Morgan fingerprint density at radius 1 is 0.842 bits per heavy atom. The predicted molar refractivity (Wildman–Crippen MR) is 86.6 cm³/mol. The molecule has 0 fully saturated rings. The number of halogens is 1. The van der Waals surface area contributed by atoms with Gasteiger partial charge in [-0.05, 0) is 41.1 Å². The number of hydrogen-bond donors (Lipinski definition) is 1. The van der Waals surface area contributed by atoms with E-state index in [0.29, 0.717) is 0 Å². The second-order valence-corrected chi connectivity index (χ2v) is 6.32. The van der Waals surface area contributed by atoms with Crippen molar-refractivity contribution in [1.29, 1.82) is 0 Å². The van der Waals surface area contributed by atoms with Gasteiger partial charge in [0, 0.05) is 20.0 Å². The van der Waals surface area contributed by atoms with Gasteiger partial charge in [-0.25, -0.2) is 0 Å². The molecule has 0 saturated heterocycles. The summed E-state index contributed by atoms with van der Waals surface area (Å²) in [5, 5.41) is 2.51. The first-order valence-corrected chi connectivity index (χ1v) is 7.55. The molecule has 3 heteroatoms. The lowest BCUT2D eigenvalue weighted by molar-refractivity contribution is 1.41. The largest absolute Gasteiger partial charge is 0.398 e. The molecule has 0 amide bonds. The highest BCUT2D eigenvalue weighted by atomic mass is 79.9. The van der Waals surface area contributed by atoms with Crippen molar-refractivity contribution < 1.29 is 0 Å². The van der Waals surface area contributed by atoms with Gasteiger partial charge in [0.25, 0.3) is 0 Å². The van der Waals surface area contributed by atoms with Gasteiger partial charge in [-0.3, -0.25) is 0 Å². The Labute approximate surface area is 125 Å². The van der Waals surface area contributed by atoms with Crippen molar-refractivity contribution in [3.05, 3.63) is 65.1 Å². The normalized spacial score (nSPS) is 10.8. The van der Waals surface area contributed by atoms with E-state index in [4.69, 9.17) is 5.73 Å². The van der Waals surface area contributed by atoms with Crippen LogP contribution in [0.4, 0.5) is 5.69 Å². The summed E-state index contributed by atoms with van der Waals surface area (Å²) in [6.45, 7) is 0. The summed E-state index contributed by atoms with van der Waals surface area (Å²) in [6, 6.07) is 20.8. The number of anilines is 1. The third kappa shape index (κ3) is 2.77. The maximum absolute atomic E-state index is 6.01. The first-order chi connectivity index (χ1) is 9.22. The Hall–Kier alpha value is -1.45. The molecular formula is C16H12BrNS. The number of fused-ring (bicyclic) bond motifs is 1. The van der Waals surface area contributed by atoms with Crippen LogP contribution in [-0.4, -0.2) is 0 Å². The van der Waals surface area contributed by atoms with Gasteiger partial charge in [0.05, 0.1) is 0 Å². The lowest BCUT2D eigenvalue weighted by atomic mass is 10.1. The van der Waals surface area contributed by atoms with E-state index in [9.17, 15) is 0 Å². The van der Waals surface area contributed by atoms with Gasteiger partial charge in [-0.1, -0.05) is 58.0 Å². The molecule has 0 aliphatic carbocycles. The molecule has 94 valence electrons. The van der Waals surface area contributed by atoms with E-state index in [1.54, 1.807) is 11.8 Å². The highest BCUT2D eigenvalue weighted by Crippen LogP contribution is 2.35. The molecule has 19 heavy (non-hydrogen) atoms. The van der Waals surface area contributed by atoms with Crippen molar-refractivity contribution in [3.63, 3.8) is 0 Å². The minimum Gasteiger partial charge on any atom is -0.398 e. The fraction of sp³-hybridized carbons (Fsp3) is 0. The summed E-state index contributed by atoms with van der Waals surface area (Å²) < 4.78 is 1.05. The summed E-state index contributed by atoms with van der Waals surface area (Å²) in [5.74, 6) is 0. The van der Waals surface area contributed by atoms with Crippen molar-refractivity contribution in [2.45, 2.75) is 9.79 Å². The fourth-order valence-corrected chi connectivity index (χ4v) is 3.41. The molecule has 0 radical (unpaired) electrons. The molecule has 3 rings (SSSR count). The van der Waals surface area contributed by atoms with Crippen molar-refractivity contribution in [2.75, 3.05) is 5.73 Å². The maximum atomic E-state index is 6.01. The third-order valence-electron chi connectivity index (χ3n) is 2.92. The van der Waals surface area contributed by atoms with Crippen LogP contribution < -0.4 is 5.73 Å². The molecule has 0 spiro atoms. The van der Waals surface area contributed by atoms with Crippen LogP contribution in [0, 0.1) is 0 Å². The third-order valence-corrected chi connectivity index (χ3v) is 4.48. The molecule has 3 aromatic carbocycles. The standard InChI is InChI=1S/C16H12BrNS/c17-13-6-8-15(18)16(10-13)19-14-7-5-11-3-1-2-4-12(11)9-14/h1-10H,18H2. The average Bonchev–Trinajstić information content (AvgIpc) is 2.43. The van der Waals surface area contributed by atoms with Crippen LogP contribution in [-0.2, 0) is 0 Å². The van der Waals surface area contributed by atoms with Crippen LogP contribution in [0.1, 0.15) is 0 Å². The summed E-state index contributed by atoms with van der Waals surface area (Å²) in [7, 11) is 0. The monoisotopic (exact) mass is 329 g/mol. The Bertz CT molecular complexity index is 740. The van der Waals surface area contributed by atoms with Crippen LogP contribution in [0.2, 0.25) is 0 Å². The zero-order valence-corrected chi connectivity index (χ0v) is 12.5. The number of nitrogens with two attached hydrogens (primary N) is 1. The van der Waals surface area contributed by atoms with Crippen LogP contribution in [0.25, 0.3) is 10.8 Å². The number of rotatable bonds is 2. The zero-order valence-electron chi connectivity index (χ0n) is 10.1.